The number of carbonyl (C=O) groups excluding carboxylic acids is 1. The quantitative estimate of drug-likeness (QED) is 0.798. The number of benzene rings is 1. The maximum atomic E-state index is 11.8. The first-order valence-corrected chi connectivity index (χ1v) is 7.11. The van der Waals surface area contributed by atoms with Crippen molar-refractivity contribution < 1.29 is 9.90 Å². The van der Waals surface area contributed by atoms with Crippen LogP contribution in [0.5, 0.6) is 5.75 Å². The Labute approximate surface area is 124 Å². The Balaban J connectivity index is 1.72. The van der Waals surface area contributed by atoms with E-state index in [1.54, 1.807) is 18.2 Å². The van der Waals surface area contributed by atoms with E-state index in [9.17, 15) is 9.90 Å². The summed E-state index contributed by atoms with van der Waals surface area (Å²) in [6.45, 7) is 5.38. The molecule has 0 saturated carbocycles. The summed E-state index contributed by atoms with van der Waals surface area (Å²) in [5, 5.41) is 16.9. The fourth-order valence-corrected chi connectivity index (χ4v) is 2.25. The van der Waals surface area contributed by atoms with Gasteiger partial charge in [0.2, 0.25) is 5.91 Å². The van der Waals surface area contributed by atoms with Gasteiger partial charge in [-0.25, -0.2) is 0 Å². The molecule has 0 fully saturated rings. The Morgan fingerprint density at radius 1 is 1.33 bits per heavy atom. The first kappa shape index (κ1) is 15.1. The number of phenols is 1. The van der Waals surface area contributed by atoms with E-state index in [0.717, 1.165) is 24.4 Å². The number of carbonyl (C=O) groups is 1. The number of nitrogens with zero attached hydrogens (tertiary/aromatic N) is 2. The van der Waals surface area contributed by atoms with Gasteiger partial charge >= 0.3 is 0 Å². The monoisotopic (exact) mass is 287 g/mol. The highest BCUT2D eigenvalue weighted by Crippen LogP contribution is 2.15. The van der Waals surface area contributed by atoms with Crippen molar-refractivity contribution in [3.8, 4) is 5.75 Å². The molecule has 1 aromatic heterocycles. The molecule has 2 rings (SSSR count). The molecule has 0 bridgehead atoms. The van der Waals surface area contributed by atoms with Crippen LogP contribution in [0.15, 0.2) is 30.3 Å². The van der Waals surface area contributed by atoms with Gasteiger partial charge in [0, 0.05) is 24.3 Å². The third-order valence-electron chi connectivity index (χ3n) is 3.31. The van der Waals surface area contributed by atoms with Crippen molar-refractivity contribution in [2.75, 3.05) is 6.54 Å². The largest absolute Gasteiger partial charge is 0.508 e. The van der Waals surface area contributed by atoms with Crippen LogP contribution in [0.3, 0.4) is 0 Å². The summed E-state index contributed by atoms with van der Waals surface area (Å²) in [7, 11) is 0. The maximum Gasteiger partial charge on any atom is 0.224 e. The molecular weight excluding hydrogens is 266 g/mol. The lowest BCUT2D eigenvalue weighted by atomic mass is 10.1. The zero-order valence-corrected chi connectivity index (χ0v) is 12.5. The third kappa shape index (κ3) is 4.34. The van der Waals surface area contributed by atoms with Crippen molar-refractivity contribution in [2.45, 2.75) is 33.2 Å². The van der Waals surface area contributed by atoms with Gasteiger partial charge in [-0.05, 0) is 32.4 Å². The van der Waals surface area contributed by atoms with Gasteiger partial charge < -0.3 is 10.4 Å². The fraction of sp³-hybridized carbons (Fsp3) is 0.375. The number of rotatable bonds is 6. The highest BCUT2D eigenvalue weighted by molar-refractivity contribution is 5.79. The zero-order chi connectivity index (χ0) is 15.2. The average Bonchev–Trinajstić information content (AvgIpc) is 2.76. The van der Waals surface area contributed by atoms with Crippen LogP contribution in [0.25, 0.3) is 0 Å². The Morgan fingerprint density at radius 3 is 2.76 bits per heavy atom. The van der Waals surface area contributed by atoms with E-state index >= 15 is 0 Å². The predicted molar refractivity (Wildman–Crippen MR) is 81.1 cm³/mol. The summed E-state index contributed by atoms with van der Waals surface area (Å²) in [4.78, 5) is 11.8. The molecule has 0 unspecified atom stereocenters. The maximum absolute atomic E-state index is 11.8. The number of aromatic nitrogens is 2. The van der Waals surface area contributed by atoms with Crippen molar-refractivity contribution >= 4 is 5.91 Å². The molecule has 0 aliphatic rings. The van der Waals surface area contributed by atoms with E-state index in [4.69, 9.17) is 0 Å². The molecule has 0 atom stereocenters. The number of nitrogens with one attached hydrogen (secondary N) is 1. The molecule has 1 heterocycles. The standard InChI is InChI=1S/C16H21N3O2/c1-12-10-13(2)19(18-12)9-5-8-17-16(21)11-14-6-3-4-7-15(14)20/h3-4,6-7,10,20H,5,8-9,11H2,1-2H3,(H,17,21). The highest BCUT2D eigenvalue weighted by atomic mass is 16.3. The summed E-state index contributed by atoms with van der Waals surface area (Å²) in [5.74, 6) is 0.0835. The van der Waals surface area contributed by atoms with E-state index < -0.39 is 0 Å². The zero-order valence-electron chi connectivity index (χ0n) is 12.5. The number of amides is 1. The minimum Gasteiger partial charge on any atom is -0.508 e. The molecule has 0 aliphatic heterocycles. The molecular formula is C16H21N3O2. The number of phenolic OH excluding ortho intramolecular Hbond substituents is 1. The normalized spacial score (nSPS) is 10.6. The van der Waals surface area contributed by atoms with Crippen LogP contribution in [0.1, 0.15) is 23.4 Å². The van der Waals surface area contributed by atoms with Gasteiger partial charge in [-0.3, -0.25) is 9.48 Å². The van der Waals surface area contributed by atoms with Crippen molar-refractivity contribution in [1.29, 1.82) is 0 Å². The first-order valence-electron chi connectivity index (χ1n) is 7.11. The number of hydrogen-bond donors (Lipinski definition) is 2. The lowest BCUT2D eigenvalue weighted by Gasteiger charge is -2.07. The highest BCUT2D eigenvalue weighted by Gasteiger charge is 2.06. The lowest BCUT2D eigenvalue weighted by Crippen LogP contribution is -2.27. The average molecular weight is 287 g/mol. The van der Waals surface area contributed by atoms with Gasteiger partial charge in [0.1, 0.15) is 5.75 Å². The molecule has 0 aliphatic carbocycles. The number of hydrogen-bond acceptors (Lipinski definition) is 3. The Morgan fingerprint density at radius 2 is 2.10 bits per heavy atom. The van der Waals surface area contributed by atoms with Crippen LogP contribution in [-0.4, -0.2) is 27.3 Å². The Kier molecular flexibility index (Phi) is 4.98. The fourth-order valence-electron chi connectivity index (χ4n) is 2.25. The molecule has 0 radical (unpaired) electrons. The van der Waals surface area contributed by atoms with Crippen molar-refractivity contribution in [2.24, 2.45) is 0 Å². The van der Waals surface area contributed by atoms with Crippen LogP contribution in [0, 0.1) is 13.8 Å². The van der Waals surface area contributed by atoms with E-state index in [-0.39, 0.29) is 18.1 Å². The molecule has 0 spiro atoms. The summed E-state index contributed by atoms with van der Waals surface area (Å²) in [5.41, 5.74) is 2.79. The van der Waals surface area contributed by atoms with Crippen molar-refractivity contribution in [3.05, 3.63) is 47.3 Å². The van der Waals surface area contributed by atoms with Gasteiger partial charge in [-0.1, -0.05) is 18.2 Å². The molecule has 1 amide bonds. The van der Waals surface area contributed by atoms with Gasteiger partial charge in [0.15, 0.2) is 0 Å². The van der Waals surface area contributed by atoms with Crippen LogP contribution in [-0.2, 0) is 17.8 Å². The molecule has 2 N–H and O–H groups in total. The van der Waals surface area contributed by atoms with E-state index in [0.29, 0.717) is 12.1 Å². The molecule has 112 valence electrons. The SMILES string of the molecule is Cc1cc(C)n(CCCNC(=O)Cc2ccccc2O)n1. The lowest BCUT2D eigenvalue weighted by molar-refractivity contribution is -0.120. The number of aromatic hydroxyl groups is 1. The smallest absolute Gasteiger partial charge is 0.224 e. The Hall–Kier alpha value is -2.30. The van der Waals surface area contributed by atoms with Crippen LogP contribution < -0.4 is 5.32 Å². The van der Waals surface area contributed by atoms with Gasteiger partial charge in [-0.15, -0.1) is 0 Å². The van der Waals surface area contributed by atoms with Crippen molar-refractivity contribution in [1.82, 2.24) is 15.1 Å². The topological polar surface area (TPSA) is 67.2 Å². The minimum atomic E-state index is -0.0788. The summed E-state index contributed by atoms with van der Waals surface area (Å²) < 4.78 is 1.95. The third-order valence-corrected chi connectivity index (χ3v) is 3.31. The molecule has 1 aromatic carbocycles. The molecule has 21 heavy (non-hydrogen) atoms. The minimum absolute atomic E-state index is 0.0788. The second-order valence-electron chi connectivity index (χ2n) is 5.16. The number of para-hydroxylation sites is 1. The van der Waals surface area contributed by atoms with Crippen LogP contribution >= 0.6 is 0 Å². The number of aryl methyl sites for hydroxylation is 3. The Bertz CT molecular complexity index is 620. The van der Waals surface area contributed by atoms with E-state index in [1.165, 1.54) is 0 Å². The summed E-state index contributed by atoms with van der Waals surface area (Å²) in [6, 6.07) is 8.93. The van der Waals surface area contributed by atoms with Gasteiger partial charge in [-0.2, -0.15) is 5.10 Å². The first-order chi connectivity index (χ1) is 10.1. The van der Waals surface area contributed by atoms with Crippen LogP contribution in [0.4, 0.5) is 0 Å². The summed E-state index contributed by atoms with van der Waals surface area (Å²) in [6.07, 6.45) is 1.03. The van der Waals surface area contributed by atoms with Gasteiger partial charge in [0.05, 0.1) is 12.1 Å². The molecule has 5 heteroatoms. The second-order valence-corrected chi connectivity index (χ2v) is 5.16. The predicted octanol–water partition coefficient (Wildman–Crippen LogP) is 1.95. The second kappa shape index (κ2) is 6.92. The van der Waals surface area contributed by atoms with E-state index in [1.807, 2.05) is 30.7 Å². The molecule has 5 nitrogen and oxygen atoms in total. The molecule has 2 aromatic rings. The summed E-state index contributed by atoms with van der Waals surface area (Å²) >= 11 is 0. The van der Waals surface area contributed by atoms with E-state index in [2.05, 4.69) is 10.4 Å². The van der Waals surface area contributed by atoms with Crippen molar-refractivity contribution in [3.63, 3.8) is 0 Å². The van der Waals surface area contributed by atoms with Crippen LogP contribution in [0.2, 0.25) is 0 Å². The van der Waals surface area contributed by atoms with Gasteiger partial charge in [0.25, 0.3) is 0 Å². The molecule has 0 saturated heterocycles.